The second-order valence-corrected chi connectivity index (χ2v) is 6.86. The molecule has 5 heteroatoms. The lowest BCUT2D eigenvalue weighted by atomic mass is 9.86. The second-order valence-electron chi connectivity index (χ2n) is 5.98. The van der Waals surface area contributed by atoms with Crippen LogP contribution in [0.4, 0.5) is 5.69 Å². The van der Waals surface area contributed by atoms with Gasteiger partial charge in [-0.1, -0.05) is 38.2 Å². The zero-order valence-electron chi connectivity index (χ0n) is 13.7. The summed E-state index contributed by atoms with van der Waals surface area (Å²) in [6, 6.07) is 7.58. The summed E-state index contributed by atoms with van der Waals surface area (Å²) in [7, 11) is 0. The number of nitrogens with one attached hydrogen (secondary N) is 1. The van der Waals surface area contributed by atoms with Gasteiger partial charge in [-0.15, -0.1) is 11.8 Å². The molecule has 1 fully saturated rings. The number of esters is 1. The van der Waals surface area contributed by atoms with E-state index < -0.39 is 0 Å². The number of anilines is 1. The minimum absolute atomic E-state index is 0.215. The summed E-state index contributed by atoms with van der Waals surface area (Å²) in [5.41, 5.74) is 0.722. The third kappa shape index (κ3) is 6.65. The Morgan fingerprint density at radius 1 is 1.26 bits per heavy atom. The summed E-state index contributed by atoms with van der Waals surface area (Å²) in [5.74, 6) is 0.0808. The summed E-state index contributed by atoms with van der Waals surface area (Å²) in [6.45, 7) is -0.215. The number of hydrogen-bond donors (Lipinski definition) is 1. The van der Waals surface area contributed by atoms with E-state index in [1.165, 1.54) is 32.1 Å². The van der Waals surface area contributed by atoms with Gasteiger partial charge in [0.25, 0.3) is 5.91 Å². The fourth-order valence-electron chi connectivity index (χ4n) is 2.91. The van der Waals surface area contributed by atoms with Crippen molar-refractivity contribution < 1.29 is 14.3 Å². The molecule has 0 heterocycles. The van der Waals surface area contributed by atoms with Gasteiger partial charge in [-0.3, -0.25) is 9.59 Å². The van der Waals surface area contributed by atoms with Gasteiger partial charge in [0.2, 0.25) is 0 Å². The van der Waals surface area contributed by atoms with Crippen molar-refractivity contribution in [2.24, 2.45) is 5.92 Å². The van der Waals surface area contributed by atoms with Crippen LogP contribution in [-0.2, 0) is 14.3 Å². The number of hydrogen-bond acceptors (Lipinski definition) is 4. The zero-order valence-corrected chi connectivity index (χ0v) is 14.5. The molecule has 2 rings (SSSR count). The van der Waals surface area contributed by atoms with E-state index in [0.717, 1.165) is 17.0 Å². The fourth-order valence-corrected chi connectivity index (χ4v) is 3.37. The number of carbonyl (C=O) groups excluding carboxylic acids is 2. The van der Waals surface area contributed by atoms with Crippen molar-refractivity contribution in [1.82, 2.24) is 0 Å². The first-order chi connectivity index (χ1) is 11.2. The molecule has 1 aromatic carbocycles. The molecule has 1 aliphatic carbocycles. The zero-order chi connectivity index (χ0) is 16.5. The van der Waals surface area contributed by atoms with Gasteiger partial charge >= 0.3 is 5.97 Å². The van der Waals surface area contributed by atoms with E-state index in [-0.39, 0.29) is 18.5 Å². The Kier molecular flexibility index (Phi) is 7.46. The Bertz CT molecular complexity index is 527. The minimum Gasteiger partial charge on any atom is -0.456 e. The highest BCUT2D eigenvalue weighted by Crippen LogP contribution is 2.27. The monoisotopic (exact) mass is 335 g/mol. The number of benzene rings is 1. The fraction of sp³-hybridized carbons (Fsp3) is 0.556. The van der Waals surface area contributed by atoms with Gasteiger partial charge in [0, 0.05) is 17.0 Å². The number of amides is 1. The molecule has 0 bridgehead atoms. The van der Waals surface area contributed by atoms with Gasteiger partial charge in [-0.25, -0.2) is 0 Å². The van der Waals surface area contributed by atoms with Gasteiger partial charge in [-0.05, 0) is 36.8 Å². The van der Waals surface area contributed by atoms with Gasteiger partial charge in [0.1, 0.15) is 0 Å². The number of ether oxygens (including phenoxy) is 1. The summed E-state index contributed by atoms with van der Waals surface area (Å²) in [6.07, 6.45) is 9.59. The highest BCUT2D eigenvalue weighted by molar-refractivity contribution is 7.98. The van der Waals surface area contributed by atoms with Crippen molar-refractivity contribution in [2.75, 3.05) is 18.2 Å². The van der Waals surface area contributed by atoms with Crippen molar-refractivity contribution in [3.63, 3.8) is 0 Å². The van der Waals surface area contributed by atoms with Gasteiger partial charge < -0.3 is 10.1 Å². The molecular weight excluding hydrogens is 310 g/mol. The standard InChI is InChI=1S/C18H25NO3S/c1-23-16-9-5-8-15(12-16)19-17(20)13-22-18(21)11-10-14-6-3-2-4-7-14/h5,8-9,12,14H,2-4,6-7,10-11,13H2,1H3,(H,19,20). The first-order valence-electron chi connectivity index (χ1n) is 8.27. The molecule has 1 amide bonds. The molecule has 1 aromatic rings. The Morgan fingerprint density at radius 2 is 2.04 bits per heavy atom. The molecule has 0 atom stereocenters. The highest BCUT2D eigenvalue weighted by atomic mass is 32.2. The highest BCUT2D eigenvalue weighted by Gasteiger charge is 2.16. The predicted octanol–water partition coefficient (Wildman–Crippen LogP) is 4.25. The molecule has 1 N–H and O–H groups in total. The molecule has 0 aromatic heterocycles. The molecular formula is C18H25NO3S. The smallest absolute Gasteiger partial charge is 0.306 e. The third-order valence-corrected chi connectivity index (χ3v) is 4.92. The molecule has 4 nitrogen and oxygen atoms in total. The van der Waals surface area contributed by atoms with Crippen LogP contribution in [0, 0.1) is 5.92 Å². The average molecular weight is 335 g/mol. The lowest BCUT2D eigenvalue weighted by Crippen LogP contribution is -2.21. The molecule has 0 radical (unpaired) electrons. The van der Waals surface area contributed by atoms with Crippen LogP contribution >= 0.6 is 11.8 Å². The van der Waals surface area contributed by atoms with E-state index in [2.05, 4.69) is 5.32 Å². The summed E-state index contributed by atoms with van der Waals surface area (Å²) >= 11 is 1.61. The van der Waals surface area contributed by atoms with E-state index in [0.29, 0.717) is 12.3 Å². The topological polar surface area (TPSA) is 55.4 Å². The number of rotatable bonds is 7. The first kappa shape index (κ1) is 17.9. The maximum absolute atomic E-state index is 11.8. The molecule has 0 spiro atoms. The number of thioether (sulfide) groups is 1. The van der Waals surface area contributed by atoms with Crippen molar-refractivity contribution in [2.45, 2.75) is 49.8 Å². The molecule has 23 heavy (non-hydrogen) atoms. The maximum Gasteiger partial charge on any atom is 0.306 e. The maximum atomic E-state index is 11.8. The minimum atomic E-state index is -0.297. The molecule has 1 aliphatic rings. The van der Waals surface area contributed by atoms with Crippen LogP contribution in [0.5, 0.6) is 0 Å². The largest absolute Gasteiger partial charge is 0.456 e. The SMILES string of the molecule is CSc1cccc(NC(=O)COC(=O)CCC2CCCCC2)c1. The lowest BCUT2D eigenvalue weighted by Gasteiger charge is -2.20. The predicted molar refractivity (Wildman–Crippen MR) is 93.6 cm³/mol. The third-order valence-electron chi connectivity index (χ3n) is 4.20. The van der Waals surface area contributed by atoms with E-state index >= 15 is 0 Å². The summed E-state index contributed by atoms with van der Waals surface area (Å²) < 4.78 is 5.07. The van der Waals surface area contributed by atoms with Gasteiger partial charge in [0.15, 0.2) is 6.61 Å². The van der Waals surface area contributed by atoms with Crippen LogP contribution < -0.4 is 5.32 Å². The van der Waals surface area contributed by atoms with E-state index in [4.69, 9.17) is 4.74 Å². The average Bonchev–Trinajstić information content (AvgIpc) is 2.59. The molecule has 0 aliphatic heterocycles. The molecule has 0 unspecified atom stereocenters. The normalized spacial score (nSPS) is 15.2. The van der Waals surface area contributed by atoms with E-state index in [1.807, 2.05) is 30.5 Å². The molecule has 126 valence electrons. The summed E-state index contributed by atoms with van der Waals surface area (Å²) in [5, 5.41) is 2.75. The Morgan fingerprint density at radius 3 is 2.78 bits per heavy atom. The molecule has 1 saturated carbocycles. The van der Waals surface area contributed by atoms with Crippen LogP contribution in [0.15, 0.2) is 29.2 Å². The van der Waals surface area contributed by atoms with E-state index in [9.17, 15) is 9.59 Å². The quantitative estimate of drug-likeness (QED) is 0.598. The first-order valence-corrected chi connectivity index (χ1v) is 9.49. The van der Waals surface area contributed by atoms with E-state index in [1.54, 1.807) is 11.8 Å². The molecule has 0 saturated heterocycles. The second kappa shape index (κ2) is 9.60. The van der Waals surface area contributed by atoms with Crippen molar-refractivity contribution in [3.8, 4) is 0 Å². The van der Waals surface area contributed by atoms with Gasteiger partial charge in [0.05, 0.1) is 0 Å². The van der Waals surface area contributed by atoms with Crippen LogP contribution in [-0.4, -0.2) is 24.7 Å². The Labute approximate surface area is 142 Å². The van der Waals surface area contributed by atoms with Crippen LogP contribution in [0.25, 0.3) is 0 Å². The van der Waals surface area contributed by atoms with Crippen molar-refractivity contribution in [3.05, 3.63) is 24.3 Å². The van der Waals surface area contributed by atoms with Crippen LogP contribution in [0.1, 0.15) is 44.9 Å². The Hall–Kier alpha value is -1.49. The van der Waals surface area contributed by atoms with Crippen LogP contribution in [0.2, 0.25) is 0 Å². The van der Waals surface area contributed by atoms with Gasteiger partial charge in [-0.2, -0.15) is 0 Å². The van der Waals surface area contributed by atoms with Crippen molar-refractivity contribution in [1.29, 1.82) is 0 Å². The Balaban J connectivity index is 1.65. The van der Waals surface area contributed by atoms with Crippen LogP contribution in [0.3, 0.4) is 0 Å². The summed E-state index contributed by atoms with van der Waals surface area (Å²) in [4.78, 5) is 24.6. The van der Waals surface area contributed by atoms with Crippen molar-refractivity contribution >= 4 is 29.3 Å². The number of carbonyl (C=O) groups is 2. The lowest BCUT2D eigenvalue weighted by molar-refractivity contribution is -0.147.